The molecular weight excluding hydrogens is 432 g/mol. The molecule has 9 nitrogen and oxygen atoms in total. The van der Waals surface area contributed by atoms with Gasteiger partial charge in [0.15, 0.2) is 0 Å². The third-order valence-electron chi connectivity index (χ3n) is 5.51. The van der Waals surface area contributed by atoms with Crippen molar-refractivity contribution in [2.45, 2.75) is 38.6 Å². The number of carbonyl (C=O) groups is 1. The Labute approximate surface area is 199 Å². The SMILES string of the molecule is CCCCOC(=O)N1CCC[C@H](Nc2nccc(-c3cccnc3Oc3cccc(N)c3)n2)C1. The predicted octanol–water partition coefficient (Wildman–Crippen LogP) is 4.73. The third kappa shape index (κ3) is 6.12. The van der Waals surface area contributed by atoms with E-state index in [2.05, 4.69) is 27.2 Å². The number of hydrogen-bond donors (Lipinski definition) is 2. The summed E-state index contributed by atoms with van der Waals surface area (Å²) in [5, 5.41) is 3.37. The van der Waals surface area contributed by atoms with Crippen LogP contribution in [0.15, 0.2) is 54.9 Å². The van der Waals surface area contributed by atoms with Gasteiger partial charge in [0.05, 0.1) is 17.9 Å². The lowest BCUT2D eigenvalue weighted by atomic mass is 10.1. The molecular formula is C25H30N6O3. The molecule has 0 saturated carbocycles. The van der Waals surface area contributed by atoms with Crippen molar-refractivity contribution < 1.29 is 14.3 Å². The quantitative estimate of drug-likeness (QED) is 0.365. The Hall–Kier alpha value is -3.88. The molecule has 0 aliphatic carbocycles. The molecule has 0 bridgehead atoms. The molecule has 1 aromatic carbocycles. The van der Waals surface area contributed by atoms with E-state index in [1.807, 2.05) is 30.3 Å². The molecule has 1 amide bonds. The smallest absolute Gasteiger partial charge is 0.409 e. The standard InChI is InChI=1S/C25H30N6O3/c1-2-3-15-33-25(32)31-14-6-8-19(17-31)29-24-28-13-11-22(30-24)21-10-5-12-27-23(21)34-20-9-4-7-18(26)16-20/h4-5,7,9-13,16,19H,2-3,6,8,14-15,17,26H2,1H3,(H,28,29,30)/t19-/m0/s1. The van der Waals surface area contributed by atoms with Gasteiger partial charge in [0.2, 0.25) is 11.8 Å². The number of nitrogens with zero attached hydrogens (tertiary/aromatic N) is 4. The number of carbonyl (C=O) groups excluding carboxylic acids is 1. The molecule has 1 saturated heterocycles. The summed E-state index contributed by atoms with van der Waals surface area (Å²) in [5.74, 6) is 1.51. The zero-order valence-corrected chi connectivity index (χ0v) is 19.3. The van der Waals surface area contributed by atoms with Gasteiger partial charge in [-0.05, 0) is 49.6 Å². The topological polar surface area (TPSA) is 115 Å². The molecule has 1 aliphatic rings. The molecule has 1 aliphatic heterocycles. The number of nitrogens with two attached hydrogens (primary N) is 1. The molecule has 2 aromatic heterocycles. The van der Waals surface area contributed by atoms with Crippen molar-refractivity contribution in [3.63, 3.8) is 0 Å². The Balaban J connectivity index is 1.45. The van der Waals surface area contributed by atoms with E-state index in [1.54, 1.807) is 29.4 Å². The monoisotopic (exact) mass is 462 g/mol. The van der Waals surface area contributed by atoms with Crippen molar-refractivity contribution in [2.75, 3.05) is 30.7 Å². The summed E-state index contributed by atoms with van der Waals surface area (Å²) >= 11 is 0. The van der Waals surface area contributed by atoms with E-state index < -0.39 is 0 Å². The molecule has 178 valence electrons. The van der Waals surface area contributed by atoms with E-state index in [9.17, 15) is 4.79 Å². The second-order valence-corrected chi connectivity index (χ2v) is 8.19. The van der Waals surface area contributed by atoms with Gasteiger partial charge in [-0.2, -0.15) is 0 Å². The summed E-state index contributed by atoms with van der Waals surface area (Å²) in [7, 11) is 0. The van der Waals surface area contributed by atoms with Gasteiger partial charge in [0, 0.05) is 43.3 Å². The number of nitrogen functional groups attached to an aromatic ring is 1. The molecule has 3 aromatic rings. The van der Waals surface area contributed by atoms with Crippen LogP contribution in [-0.2, 0) is 4.74 Å². The summed E-state index contributed by atoms with van der Waals surface area (Å²) in [6.45, 7) is 3.78. The van der Waals surface area contributed by atoms with E-state index in [-0.39, 0.29) is 12.1 Å². The van der Waals surface area contributed by atoms with Crippen molar-refractivity contribution in [1.82, 2.24) is 19.9 Å². The van der Waals surface area contributed by atoms with Gasteiger partial charge in [-0.15, -0.1) is 0 Å². The van der Waals surface area contributed by atoms with Gasteiger partial charge in [0.25, 0.3) is 0 Å². The molecule has 9 heteroatoms. The number of rotatable bonds is 8. The van der Waals surface area contributed by atoms with Crippen molar-refractivity contribution in [3.05, 3.63) is 54.9 Å². The van der Waals surface area contributed by atoms with Crippen molar-refractivity contribution in [1.29, 1.82) is 0 Å². The lowest BCUT2D eigenvalue weighted by molar-refractivity contribution is 0.0920. The predicted molar refractivity (Wildman–Crippen MR) is 131 cm³/mol. The normalized spacial score (nSPS) is 15.6. The molecule has 4 rings (SSSR count). The van der Waals surface area contributed by atoms with Crippen LogP contribution in [0.1, 0.15) is 32.6 Å². The fourth-order valence-electron chi connectivity index (χ4n) is 3.77. The lowest BCUT2D eigenvalue weighted by Gasteiger charge is -2.32. The molecule has 1 atom stereocenters. The fraction of sp³-hybridized carbons (Fsp3) is 0.360. The number of ether oxygens (including phenoxy) is 2. The number of likely N-dealkylation sites (tertiary alicyclic amines) is 1. The molecule has 1 fully saturated rings. The van der Waals surface area contributed by atoms with E-state index >= 15 is 0 Å². The molecule has 34 heavy (non-hydrogen) atoms. The van der Waals surface area contributed by atoms with Crippen LogP contribution in [0, 0.1) is 0 Å². The fourth-order valence-corrected chi connectivity index (χ4v) is 3.77. The maximum atomic E-state index is 12.3. The first kappa shape index (κ1) is 23.3. The van der Waals surface area contributed by atoms with Crippen LogP contribution >= 0.6 is 0 Å². The summed E-state index contributed by atoms with van der Waals surface area (Å²) in [4.78, 5) is 27.5. The summed E-state index contributed by atoms with van der Waals surface area (Å²) in [6, 6.07) is 12.8. The maximum absolute atomic E-state index is 12.3. The number of benzene rings is 1. The third-order valence-corrected chi connectivity index (χ3v) is 5.51. The number of hydrogen-bond acceptors (Lipinski definition) is 8. The van der Waals surface area contributed by atoms with Gasteiger partial charge in [-0.3, -0.25) is 0 Å². The minimum atomic E-state index is -0.256. The van der Waals surface area contributed by atoms with Crippen LogP contribution < -0.4 is 15.8 Å². The largest absolute Gasteiger partial charge is 0.449 e. The van der Waals surface area contributed by atoms with Gasteiger partial charge < -0.3 is 25.4 Å². The van der Waals surface area contributed by atoms with Crippen molar-refractivity contribution in [3.8, 4) is 22.9 Å². The molecule has 0 spiro atoms. The van der Waals surface area contributed by atoms with Gasteiger partial charge in [-0.25, -0.2) is 19.7 Å². The van der Waals surface area contributed by atoms with E-state index in [0.717, 1.165) is 31.2 Å². The van der Waals surface area contributed by atoms with E-state index in [4.69, 9.17) is 15.2 Å². The van der Waals surface area contributed by atoms with Crippen LogP contribution in [-0.4, -0.2) is 51.7 Å². The van der Waals surface area contributed by atoms with Crippen molar-refractivity contribution >= 4 is 17.7 Å². The van der Waals surface area contributed by atoms with Crippen molar-refractivity contribution in [2.24, 2.45) is 0 Å². The lowest BCUT2D eigenvalue weighted by Crippen LogP contribution is -2.45. The van der Waals surface area contributed by atoms with E-state index in [0.29, 0.717) is 48.7 Å². The number of piperidine rings is 1. The van der Waals surface area contributed by atoms with Crippen LogP contribution in [0.3, 0.4) is 0 Å². The summed E-state index contributed by atoms with van der Waals surface area (Å²) in [6.07, 6.45) is 6.79. The molecule has 0 unspecified atom stereocenters. The van der Waals surface area contributed by atoms with Gasteiger partial charge >= 0.3 is 6.09 Å². The first-order chi connectivity index (χ1) is 16.6. The Morgan fingerprint density at radius 2 is 2.12 bits per heavy atom. The second kappa shape index (κ2) is 11.3. The van der Waals surface area contributed by atoms with Gasteiger partial charge in [0.1, 0.15) is 5.75 Å². The van der Waals surface area contributed by atoms with Crippen LogP contribution in [0.25, 0.3) is 11.3 Å². The minimum Gasteiger partial charge on any atom is -0.449 e. The van der Waals surface area contributed by atoms with Crippen LogP contribution in [0.4, 0.5) is 16.4 Å². The second-order valence-electron chi connectivity index (χ2n) is 8.19. The Morgan fingerprint density at radius 1 is 1.21 bits per heavy atom. The number of unbranched alkanes of at least 4 members (excludes halogenated alkanes) is 1. The first-order valence-corrected chi connectivity index (χ1v) is 11.6. The number of anilines is 2. The van der Waals surface area contributed by atoms with Crippen LogP contribution in [0.5, 0.6) is 11.6 Å². The van der Waals surface area contributed by atoms with Crippen LogP contribution in [0.2, 0.25) is 0 Å². The number of aromatic nitrogens is 3. The van der Waals surface area contributed by atoms with E-state index in [1.165, 1.54) is 0 Å². The maximum Gasteiger partial charge on any atom is 0.409 e. The number of amides is 1. The zero-order valence-electron chi connectivity index (χ0n) is 19.3. The Bertz CT molecular complexity index is 1110. The van der Waals surface area contributed by atoms with Gasteiger partial charge in [-0.1, -0.05) is 19.4 Å². The molecule has 3 heterocycles. The number of pyridine rings is 1. The summed E-state index contributed by atoms with van der Waals surface area (Å²) in [5.41, 5.74) is 7.89. The summed E-state index contributed by atoms with van der Waals surface area (Å²) < 4.78 is 11.4. The first-order valence-electron chi connectivity index (χ1n) is 11.6. The Kier molecular flexibility index (Phi) is 7.75. The zero-order chi connectivity index (χ0) is 23.8. The Morgan fingerprint density at radius 3 is 2.97 bits per heavy atom. The molecule has 3 N–H and O–H groups in total. The number of nitrogens with one attached hydrogen (secondary N) is 1. The average molecular weight is 463 g/mol. The highest BCUT2D eigenvalue weighted by atomic mass is 16.6. The highest BCUT2D eigenvalue weighted by Crippen LogP contribution is 2.31. The average Bonchev–Trinajstić information content (AvgIpc) is 2.85. The minimum absolute atomic E-state index is 0.0413. The molecule has 0 radical (unpaired) electrons. The highest BCUT2D eigenvalue weighted by molar-refractivity contribution is 5.68. The highest BCUT2D eigenvalue weighted by Gasteiger charge is 2.25.